The summed E-state index contributed by atoms with van der Waals surface area (Å²) in [6, 6.07) is 9.82. The van der Waals surface area contributed by atoms with E-state index in [9.17, 15) is 18.0 Å². The molecule has 11 nitrogen and oxygen atoms in total. The molecule has 0 spiro atoms. The zero-order valence-electron chi connectivity index (χ0n) is 16.9. The lowest BCUT2D eigenvalue weighted by Crippen LogP contribution is -2.40. The van der Waals surface area contributed by atoms with Gasteiger partial charge in [0, 0.05) is 24.8 Å². The number of hydrogen-bond donors (Lipinski definition) is 2. The van der Waals surface area contributed by atoms with Crippen molar-refractivity contribution in [3.63, 3.8) is 0 Å². The molecule has 0 radical (unpaired) electrons. The Kier molecular flexibility index (Phi) is 6.44. The van der Waals surface area contributed by atoms with E-state index in [0.29, 0.717) is 43.5 Å². The molecule has 12 heteroatoms. The molecule has 2 aromatic carbocycles. The largest absolute Gasteiger partial charge is 0.484 e. The summed E-state index contributed by atoms with van der Waals surface area (Å²) in [6.45, 7) is 1.00. The SMILES string of the molecule is O=C(COc1ccc(S(=O)(=O)N2CCOCC2)cc1)NC(=O)Nc1ccc2c(c1)OCO2. The van der Waals surface area contributed by atoms with Crippen molar-refractivity contribution in [2.24, 2.45) is 0 Å². The average molecular weight is 463 g/mol. The van der Waals surface area contributed by atoms with Gasteiger partial charge in [-0.05, 0) is 36.4 Å². The van der Waals surface area contributed by atoms with Gasteiger partial charge in [0.05, 0.1) is 18.1 Å². The third-order valence-electron chi connectivity index (χ3n) is 4.68. The minimum absolute atomic E-state index is 0.112. The number of hydrogen-bond acceptors (Lipinski definition) is 8. The van der Waals surface area contributed by atoms with E-state index in [4.69, 9.17) is 18.9 Å². The molecule has 4 rings (SSSR count). The van der Waals surface area contributed by atoms with Crippen molar-refractivity contribution in [1.29, 1.82) is 0 Å². The summed E-state index contributed by atoms with van der Waals surface area (Å²) < 4.78 is 47.5. The second kappa shape index (κ2) is 9.42. The molecule has 0 saturated carbocycles. The van der Waals surface area contributed by atoms with Crippen LogP contribution in [0.3, 0.4) is 0 Å². The van der Waals surface area contributed by atoms with Gasteiger partial charge in [-0.3, -0.25) is 10.1 Å². The average Bonchev–Trinajstić information content (AvgIpc) is 3.26. The first kappa shape index (κ1) is 21.9. The van der Waals surface area contributed by atoms with Crippen molar-refractivity contribution >= 4 is 27.6 Å². The normalized spacial score (nSPS) is 15.8. The van der Waals surface area contributed by atoms with Gasteiger partial charge in [0.15, 0.2) is 18.1 Å². The Morgan fingerprint density at radius 2 is 1.72 bits per heavy atom. The molecule has 2 N–H and O–H groups in total. The quantitative estimate of drug-likeness (QED) is 0.652. The maximum absolute atomic E-state index is 12.6. The fourth-order valence-corrected chi connectivity index (χ4v) is 4.50. The fourth-order valence-electron chi connectivity index (χ4n) is 3.09. The van der Waals surface area contributed by atoms with E-state index in [-0.39, 0.29) is 17.4 Å². The van der Waals surface area contributed by atoms with Crippen molar-refractivity contribution in [3.8, 4) is 17.2 Å². The van der Waals surface area contributed by atoms with Crippen LogP contribution in [0.25, 0.3) is 0 Å². The first-order valence-corrected chi connectivity index (χ1v) is 11.2. The van der Waals surface area contributed by atoms with Gasteiger partial charge in [0.1, 0.15) is 5.75 Å². The Morgan fingerprint density at radius 3 is 2.47 bits per heavy atom. The number of nitrogens with zero attached hydrogens (tertiary/aromatic N) is 1. The fraction of sp³-hybridized carbons (Fsp3) is 0.300. The number of sulfonamides is 1. The predicted molar refractivity (Wildman–Crippen MR) is 111 cm³/mol. The van der Waals surface area contributed by atoms with Crippen molar-refractivity contribution in [3.05, 3.63) is 42.5 Å². The molecule has 2 aromatic rings. The van der Waals surface area contributed by atoms with Crippen molar-refractivity contribution in [2.75, 3.05) is 45.0 Å². The topological polar surface area (TPSA) is 133 Å². The first-order chi connectivity index (χ1) is 15.4. The lowest BCUT2D eigenvalue weighted by Gasteiger charge is -2.26. The zero-order chi connectivity index (χ0) is 22.6. The maximum Gasteiger partial charge on any atom is 0.325 e. The molecule has 0 aliphatic carbocycles. The van der Waals surface area contributed by atoms with Gasteiger partial charge in [0.2, 0.25) is 16.8 Å². The van der Waals surface area contributed by atoms with Gasteiger partial charge >= 0.3 is 6.03 Å². The third-order valence-corrected chi connectivity index (χ3v) is 6.60. The molecule has 32 heavy (non-hydrogen) atoms. The van der Waals surface area contributed by atoms with E-state index < -0.39 is 28.6 Å². The molecule has 2 aliphatic heterocycles. The number of amides is 3. The summed E-state index contributed by atoms with van der Waals surface area (Å²) in [5.74, 6) is 0.686. The number of anilines is 1. The van der Waals surface area contributed by atoms with Crippen LogP contribution in [0.2, 0.25) is 0 Å². The monoisotopic (exact) mass is 463 g/mol. The number of benzene rings is 2. The molecule has 0 unspecified atom stereocenters. The molecule has 170 valence electrons. The maximum atomic E-state index is 12.6. The van der Waals surface area contributed by atoms with Crippen LogP contribution >= 0.6 is 0 Å². The summed E-state index contributed by atoms with van der Waals surface area (Å²) in [5.41, 5.74) is 0.428. The molecular formula is C20H21N3O8S. The van der Waals surface area contributed by atoms with Crippen LogP contribution in [0.15, 0.2) is 47.4 Å². The van der Waals surface area contributed by atoms with Gasteiger partial charge in [-0.2, -0.15) is 4.31 Å². The van der Waals surface area contributed by atoms with Gasteiger partial charge in [-0.25, -0.2) is 13.2 Å². The Hall–Kier alpha value is -3.35. The molecular weight excluding hydrogens is 442 g/mol. The lowest BCUT2D eigenvalue weighted by molar-refractivity contribution is -0.121. The molecule has 3 amide bonds. The summed E-state index contributed by atoms with van der Waals surface area (Å²) >= 11 is 0. The molecule has 0 bridgehead atoms. The Balaban J connectivity index is 1.26. The van der Waals surface area contributed by atoms with Crippen LogP contribution in [-0.4, -0.2) is 64.4 Å². The molecule has 1 fully saturated rings. The van der Waals surface area contributed by atoms with Crippen molar-refractivity contribution in [1.82, 2.24) is 9.62 Å². The van der Waals surface area contributed by atoms with E-state index in [1.54, 1.807) is 18.2 Å². The van der Waals surface area contributed by atoms with Crippen LogP contribution < -0.4 is 24.8 Å². The smallest absolute Gasteiger partial charge is 0.325 e. The van der Waals surface area contributed by atoms with Crippen LogP contribution in [0, 0.1) is 0 Å². The number of carbonyl (C=O) groups is 2. The van der Waals surface area contributed by atoms with Gasteiger partial charge in [0.25, 0.3) is 5.91 Å². The van der Waals surface area contributed by atoms with Gasteiger partial charge < -0.3 is 24.3 Å². The Morgan fingerprint density at radius 1 is 1.00 bits per heavy atom. The highest BCUT2D eigenvalue weighted by Gasteiger charge is 2.26. The standard InChI is InChI=1S/C20H21N3O8S/c24-19(22-20(25)21-14-1-6-17-18(11-14)31-13-30-17)12-29-15-2-4-16(5-3-15)32(26,27)23-7-9-28-10-8-23/h1-6,11H,7-10,12-13H2,(H2,21,22,24,25). The highest BCUT2D eigenvalue weighted by molar-refractivity contribution is 7.89. The number of carbonyl (C=O) groups excluding carboxylic acids is 2. The van der Waals surface area contributed by atoms with E-state index in [0.717, 1.165) is 0 Å². The lowest BCUT2D eigenvalue weighted by atomic mass is 10.3. The number of morpholine rings is 1. The van der Waals surface area contributed by atoms with Crippen LogP contribution in [-0.2, 0) is 19.6 Å². The molecule has 0 aromatic heterocycles. The summed E-state index contributed by atoms with van der Waals surface area (Å²) in [7, 11) is -3.61. The van der Waals surface area contributed by atoms with Crippen LogP contribution in [0.1, 0.15) is 0 Å². The number of urea groups is 1. The number of nitrogens with one attached hydrogen (secondary N) is 2. The first-order valence-electron chi connectivity index (χ1n) is 9.73. The van der Waals surface area contributed by atoms with E-state index in [1.165, 1.54) is 28.6 Å². The molecule has 1 saturated heterocycles. The van der Waals surface area contributed by atoms with Crippen LogP contribution in [0.4, 0.5) is 10.5 Å². The van der Waals surface area contributed by atoms with Crippen molar-refractivity contribution in [2.45, 2.75) is 4.90 Å². The highest BCUT2D eigenvalue weighted by Crippen LogP contribution is 2.34. The predicted octanol–water partition coefficient (Wildman–Crippen LogP) is 1.16. The Labute approximate surface area is 184 Å². The van der Waals surface area contributed by atoms with Gasteiger partial charge in [-0.15, -0.1) is 0 Å². The Bertz CT molecular complexity index is 1100. The minimum Gasteiger partial charge on any atom is -0.484 e. The summed E-state index contributed by atoms with van der Waals surface area (Å²) in [6.07, 6.45) is 0. The van der Waals surface area contributed by atoms with Crippen LogP contribution in [0.5, 0.6) is 17.2 Å². The molecule has 0 atom stereocenters. The number of rotatable bonds is 6. The number of ether oxygens (including phenoxy) is 4. The van der Waals surface area contributed by atoms with Crippen molar-refractivity contribution < 1.29 is 37.0 Å². The van der Waals surface area contributed by atoms with Gasteiger partial charge in [-0.1, -0.05) is 0 Å². The summed E-state index contributed by atoms with van der Waals surface area (Å²) in [4.78, 5) is 24.1. The summed E-state index contributed by atoms with van der Waals surface area (Å²) in [5, 5.41) is 4.66. The second-order valence-electron chi connectivity index (χ2n) is 6.85. The highest BCUT2D eigenvalue weighted by atomic mass is 32.2. The minimum atomic E-state index is -3.61. The number of imide groups is 1. The molecule has 2 heterocycles. The van der Waals surface area contributed by atoms with E-state index in [1.807, 2.05) is 0 Å². The second-order valence-corrected chi connectivity index (χ2v) is 8.78. The molecule has 2 aliphatic rings. The number of fused-ring (bicyclic) bond motifs is 1. The van der Waals surface area contributed by atoms with E-state index in [2.05, 4.69) is 10.6 Å². The third kappa shape index (κ3) is 5.10. The zero-order valence-corrected chi connectivity index (χ0v) is 17.7. The van der Waals surface area contributed by atoms with E-state index >= 15 is 0 Å².